The molecule has 0 aliphatic carbocycles. The number of nitrogens with zero attached hydrogens (tertiary/aromatic N) is 3. The first-order valence-electron chi connectivity index (χ1n) is 5.90. The predicted molar refractivity (Wildman–Crippen MR) is 67.5 cm³/mol. The molecule has 0 bridgehead atoms. The van der Waals surface area contributed by atoms with Gasteiger partial charge in [-0.15, -0.1) is 5.10 Å². The van der Waals surface area contributed by atoms with Gasteiger partial charge in [-0.25, -0.2) is 0 Å². The molecule has 0 saturated carbocycles. The van der Waals surface area contributed by atoms with E-state index in [1.807, 2.05) is 0 Å². The molecular weight excluding hydrogens is 232 g/mol. The van der Waals surface area contributed by atoms with Gasteiger partial charge in [0.15, 0.2) is 5.82 Å². The molecule has 0 aromatic carbocycles. The van der Waals surface area contributed by atoms with Gasteiger partial charge in [0.2, 0.25) is 11.5 Å². The topological polar surface area (TPSA) is 89.7 Å². The van der Waals surface area contributed by atoms with Crippen molar-refractivity contribution in [2.24, 2.45) is 0 Å². The highest BCUT2D eigenvalue weighted by Gasteiger charge is 2.15. The lowest BCUT2D eigenvalue weighted by Gasteiger charge is -2.25. The van der Waals surface area contributed by atoms with Gasteiger partial charge in [-0.2, -0.15) is 4.98 Å². The Bertz CT molecular complexity index is 583. The average molecular weight is 246 g/mol. The molecule has 0 unspecified atom stereocenters. The van der Waals surface area contributed by atoms with Crippen LogP contribution in [0.2, 0.25) is 0 Å². The summed E-state index contributed by atoms with van der Waals surface area (Å²) in [6, 6.07) is 3.30. The predicted octanol–water partition coefficient (Wildman–Crippen LogP) is -0.430. The Morgan fingerprint density at radius 2 is 2.11 bits per heavy atom. The number of aromatic nitrogens is 4. The molecule has 18 heavy (non-hydrogen) atoms. The molecule has 1 saturated heterocycles. The highest BCUT2D eigenvalue weighted by atomic mass is 16.1. The van der Waals surface area contributed by atoms with Crippen molar-refractivity contribution in [1.29, 1.82) is 0 Å². The number of anilines is 1. The van der Waals surface area contributed by atoms with E-state index >= 15 is 0 Å². The number of pyridine rings is 1. The number of piperazine rings is 1. The molecule has 7 nitrogen and oxygen atoms in total. The van der Waals surface area contributed by atoms with E-state index in [0.29, 0.717) is 11.8 Å². The molecular formula is C11H14N6O. The van der Waals surface area contributed by atoms with Crippen LogP contribution in [0.25, 0.3) is 11.4 Å². The Morgan fingerprint density at radius 1 is 1.28 bits per heavy atom. The SMILES string of the molecule is O=c1cc(-c2nc(N3CCNCC3)n[nH]2)cc[nH]1. The quantitative estimate of drug-likeness (QED) is 0.669. The van der Waals surface area contributed by atoms with E-state index in [4.69, 9.17) is 0 Å². The average Bonchev–Trinajstić information content (AvgIpc) is 2.89. The second-order valence-electron chi connectivity index (χ2n) is 4.16. The van der Waals surface area contributed by atoms with Gasteiger partial charge in [-0.05, 0) is 6.07 Å². The van der Waals surface area contributed by atoms with Crippen LogP contribution in [0, 0.1) is 0 Å². The first kappa shape index (κ1) is 11.0. The van der Waals surface area contributed by atoms with Crippen molar-refractivity contribution in [3.8, 4) is 11.4 Å². The molecule has 3 heterocycles. The van der Waals surface area contributed by atoms with Gasteiger partial charge in [0, 0.05) is 44.0 Å². The Morgan fingerprint density at radius 3 is 2.89 bits per heavy atom. The lowest BCUT2D eigenvalue weighted by molar-refractivity contribution is 0.580. The van der Waals surface area contributed by atoms with Crippen LogP contribution in [-0.4, -0.2) is 46.3 Å². The van der Waals surface area contributed by atoms with Gasteiger partial charge in [-0.3, -0.25) is 9.89 Å². The third-order valence-electron chi connectivity index (χ3n) is 2.92. The number of hydrogen-bond acceptors (Lipinski definition) is 5. The molecule has 0 atom stereocenters. The van der Waals surface area contributed by atoms with Crippen molar-refractivity contribution in [2.45, 2.75) is 0 Å². The fraction of sp³-hybridized carbons (Fsp3) is 0.364. The summed E-state index contributed by atoms with van der Waals surface area (Å²) in [7, 11) is 0. The molecule has 1 fully saturated rings. The molecule has 0 radical (unpaired) electrons. The van der Waals surface area contributed by atoms with Gasteiger partial charge in [0.1, 0.15) is 0 Å². The van der Waals surface area contributed by atoms with Crippen LogP contribution in [0.3, 0.4) is 0 Å². The standard InChI is InChI=1S/C11H14N6O/c18-9-7-8(1-2-13-9)10-14-11(16-15-10)17-5-3-12-4-6-17/h1-2,7,12H,3-6H2,(H,13,18)(H,14,15,16). The van der Waals surface area contributed by atoms with Crippen LogP contribution >= 0.6 is 0 Å². The van der Waals surface area contributed by atoms with Gasteiger partial charge in [0.25, 0.3) is 0 Å². The maximum absolute atomic E-state index is 11.2. The summed E-state index contributed by atoms with van der Waals surface area (Å²) in [5.74, 6) is 1.31. The van der Waals surface area contributed by atoms with Crippen LogP contribution < -0.4 is 15.8 Å². The van der Waals surface area contributed by atoms with Gasteiger partial charge < -0.3 is 15.2 Å². The number of hydrogen-bond donors (Lipinski definition) is 3. The van der Waals surface area contributed by atoms with Crippen molar-refractivity contribution < 1.29 is 0 Å². The summed E-state index contributed by atoms with van der Waals surface area (Å²) < 4.78 is 0. The lowest BCUT2D eigenvalue weighted by Crippen LogP contribution is -2.44. The van der Waals surface area contributed by atoms with E-state index < -0.39 is 0 Å². The summed E-state index contributed by atoms with van der Waals surface area (Å²) in [5.41, 5.74) is 0.597. The monoisotopic (exact) mass is 246 g/mol. The fourth-order valence-electron chi connectivity index (χ4n) is 1.98. The van der Waals surface area contributed by atoms with E-state index in [0.717, 1.165) is 31.7 Å². The second-order valence-corrected chi connectivity index (χ2v) is 4.16. The van der Waals surface area contributed by atoms with Gasteiger partial charge in [-0.1, -0.05) is 0 Å². The molecule has 0 spiro atoms. The van der Waals surface area contributed by atoms with Crippen molar-refractivity contribution in [1.82, 2.24) is 25.5 Å². The summed E-state index contributed by atoms with van der Waals surface area (Å²) in [5, 5.41) is 10.3. The minimum Gasteiger partial charge on any atom is -0.337 e. The summed E-state index contributed by atoms with van der Waals surface area (Å²) >= 11 is 0. The molecule has 7 heteroatoms. The van der Waals surface area contributed by atoms with Crippen LogP contribution in [0.15, 0.2) is 23.1 Å². The van der Waals surface area contributed by atoms with Gasteiger partial charge in [0.05, 0.1) is 0 Å². The maximum Gasteiger partial charge on any atom is 0.248 e. The Hall–Kier alpha value is -2.15. The number of aromatic amines is 2. The summed E-state index contributed by atoms with van der Waals surface area (Å²) in [6.07, 6.45) is 1.60. The molecule has 2 aromatic heterocycles. The van der Waals surface area contributed by atoms with E-state index in [2.05, 4.69) is 30.4 Å². The molecule has 1 aliphatic heterocycles. The summed E-state index contributed by atoms with van der Waals surface area (Å²) in [4.78, 5) is 20.3. The molecule has 3 rings (SSSR count). The smallest absolute Gasteiger partial charge is 0.248 e. The largest absolute Gasteiger partial charge is 0.337 e. The van der Waals surface area contributed by atoms with E-state index in [1.165, 1.54) is 6.07 Å². The second kappa shape index (κ2) is 4.61. The zero-order chi connectivity index (χ0) is 12.4. The lowest BCUT2D eigenvalue weighted by atomic mass is 10.2. The van der Waals surface area contributed by atoms with E-state index in [1.54, 1.807) is 12.3 Å². The van der Waals surface area contributed by atoms with Crippen molar-refractivity contribution >= 4 is 5.95 Å². The van der Waals surface area contributed by atoms with Gasteiger partial charge >= 0.3 is 0 Å². The molecule has 94 valence electrons. The van der Waals surface area contributed by atoms with Crippen LogP contribution in [-0.2, 0) is 0 Å². The highest BCUT2D eigenvalue weighted by Crippen LogP contribution is 2.15. The zero-order valence-corrected chi connectivity index (χ0v) is 9.81. The van der Waals surface area contributed by atoms with Crippen molar-refractivity contribution in [3.05, 3.63) is 28.7 Å². The zero-order valence-electron chi connectivity index (χ0n) is 9.81. The number of rotatable bonds is 2. The molecule has 0 amide bonds. The van der Waals surface area contributed by atoms with Crippen LogP contribution in [0.1, 0.15) is 0 Å². The number of H-pyrrole nitrogens is 2. The third-order valence-corrected chi connectivity index (χ3v) is 2.92. The normalized spacial score (nSPS) is 15.9. The van der Waals surface area contributed by atoms with Crippen LogP contribution in [0.4, 0.5) is 5.95 Å². The number of nitrogens with one attached hydrogen (secondary N) is 3. The van der Waals surface area contributed by atoms with E-state index in [9.17, 15) is 4.79 Å². The molecule has 2 aromatic rings. The Balaban J connectivity index is 1.86. The van der Waals surface area contributed by atoms with Crippen molar-refractivity contribution in [3.63, 3.8) is 0 Å². The van der Waals surface area contributed by atoms with E-state index in [-0.39, 0.29) is 5.56 Å². The van der Waals surface area contributed by atoms with Crippen molar-refractivity contribution in [2.75, 3.05) is 31.1 Å². The minimum atomic E-state index is -0.146. The molecule has 1 aliphatic rings. The Kier molecular flexibility index (Phi) is 2.81. The first-order valence-corrected chi connectivity index (χ1v) is 5.90. The maximum atomic E-state index is 11.2. The summed E-state index contributed by atoms with van der Waals surface area (Å²) in [6.45, 7) is 3.67. The fourth-order valence-corrected chi connectivity index (χ4v) is 1.98. The first-order chi connectivity index (χ1) is 8.83. The third kappa shape index (κ3) is 2.12. The molecule has 3 N–H and O–H groups in total. The minimum absolute atomic E-state index is 0.146. The Labute approximate surface area is 103 Å². The highest BCUT2D eigenvalue weighted by molar-refractivity contribution is 5.55. The van der Waals surface area contributed by atoms with Crippen LogP contribution in [0.5, 0.6) is 0 Å².